The number of aromatic carboxylic acids is 1. The quantitative estimate of drug-likeness (QED) is 0.394. The third kappa shape index (κ3) is 4.82. The van der Waals surface area contributed by atoms with Crippen molar-refractivity contribution in [3.8, 4) is 22.9 Å². The summed E-state index contributed by atoms with van der Waals surface area (Å²) in [6.07, 6.45) is 3.67. The van der Waals surface area contributed by atoms with Gasteiger partial charge in [-0.1, -0.05) is 0 Å². The first-order valence-electron chi connectivity index (χ1n) is 9.59. The maximum absolute atomic E-state index is 11.0. The topological polar surface area (TPSA) is 73.0 Å². The zero-order chi connectivity index (χ0) is 21.6. The molecule has 4 aromatic rings. The zero-order valence-corrected chi connectivity index (χ0v) is 16.8. The maximum atomic E-state index is 11.0. The Hall–Kier alpha value is -4.32. The minimum atomic E-state index is -0.944. The van der Waals surface area contributed by atoms with Gasteiger partial charge in [0, 0.05) is 11.9 Å². The molecule has 4 rings (SSSR count). The van der Waals surface area contributed by atoms with Crippen molar-refractivity contribution in [3.05, 3.63) is 102 Å². The van der Waals surface area contributed by atoms with Crippen molar-refractivity contribution < 1.29 is 19.4 Å². The highest BCUT2D eigenvalue weighted by atomic mass is 16.5. The fourth-order valence-electron chi connectivity index (χ4n) is 3.02. The van der Waals surface area contributed by atoms with Crippen LogP contribution in [0.1, 0.15) is 16.1 Å². The number of ether oxygens (including phenoxy) is 2. The van der Waals surface area contributed by atoms with Crippen LogP contribution in [0.15, 0.2) is 96.1 Å². The van der Waals surface area contributed by atoms with Crippen molar-refractivity contribution in [2.24, 2.45) is 4.99 Å². The number of aliphatic imine (C=N–C) groups is 1. The summed E-state index contributed by atoms with van der Waals surface area (Å²) in [7, 11) is 1.63. The molecule has 0 unspecified atom stereocenters. The van der Waals surface area contributed by atoms with Crippen molar-refractivity contribution in [2.45, 2.75) is 0 Å². The maximum Gasteiger partial charge on any atom is 0.335 e. The molecule has 3 aromatic carbocycles. The normalized spacial score (nSPS) is 10.9. The van der Waals surface area contributed by atoms with Gasteiger partial charge in [-0.05, 0) is 84.9 Å². The summed E-state index contributed by atoms with van der Waals surface area (Å²) in [5.74, 6) is 1.27. The van der Waals surface area contributed by atoms with Gasteiger partial charge in [-0.2, -0.15) is 0 Å². The zero-order valence-electron chi connectivity index (χ0n) is 16.8. The minimum Gasteiger partial charge on any atom is -0.497 e. The number of aromatic nitrogens is 1. The number of carbonyl (C=O) groups is 1. The molecule has 31 heavy (non-hydrogen) atoms. The summed E-state index contributed by atoms with van der Waals surface area (Å²) in [4.78, 5) is 15.6. The van der Waals surface area contributed by atoms with Gasteiger partial charge in [0.15, 0.2) is 0 Å². The lowest BCUT2D eigenvalue weighted by molar-refractivity contribution is 0.0697. The van der Waals surface area contributed by atoms with Gasteiger partial charge in [0.1, 0.15) is 17.2 Å². The van der Waals surface area contributed by atoms with E-state index in [1.165, 1.54) is 0 Å². The molecule has 1 N–H and O–H groups in total. The lowest BCUT2D eigenvalue weighted by atomic mass is 10.2. The van der Waals surface area contributed by atoms with Crippen molar-refractivity contribution in [1.82, 2.24) is 4.57 Å². The molecule has 0 amide bonds. The van der Waals surface area contributed by atoms with Crippen LogP contribution in [0, 0.1) is 0 Å². The monoisotopic (exact) mass is 412 g/mol. The molecule has 0 fully saturated rings. The van der Waals surface area contributed by atoms with Crippen LogP contribution in [-0.4, -0.2) is 29.0 Å². The van der Waals surface area contributed by atoms with Gasteiger partial charge < -0.3 is 19.1 Å². The number of rotatable bonds is 7. The average Bonchev–Trinajstić information content (AvgIpc) is 3.28. The smallest absolute Gasteiger partial charge is 0.335 e. The van der Waals surface area contributed by atoms with Crippen molar-refractivity contribution in [1.29, 1.82) is 0 Å². The Balaban J connectivity index is 1.45. The Kier molecular flexibility index (Phi) is 5.80. The Morgan fingerprint density at radius 2 is 1.48 bits per heavy atom. The third-order valence-electron chi connectivity index (χ3n) is 4.65. The molecule has 154 valence electrons. The van der Waals surface area contributed by atoms with Gasteiger partial charge in [0.2, 0.25) is 0 Å². The molecular weight excluding hydrogens is 392 g/mol. The van der Waals surface area contributed by atoms with E-state index in [-0.39, 0.29) is 5.56 Å². The summed E-state index contributed by atoms with van der Waals surface area (Å²) in [5.41, 5.74) is 2.78. The van der Waals surface area contributed by atoms with Crippen LogP contribution in [0.4, 0.5) is 5.69 Å². The lowest BCUT2D eigenvalue weighted by Gasteiger charge is -2.07. The van der Waals surface area contributed by atoms with E-state index in [9.17, 15) is 4.79 Å². The van der Waals surface area contributed by atoms with Crippen molar-refractivity contribution in [3.63, 3.8) is 0 Å². The Morgan fingerprint density at radius 1 is 0.871 bits per heavy atom. The summed E-state index contributed by atoms with van der Waals surface area (Å²) < 4.78 is 12.9. The molecular formula is C25H20N2O4. The molecule has 1 heterocycles. The highest BCUT2D eigenvalue weighted by Gasteiger charge is 2.05. The predicted molar refractivity (Wildman–Crippen MR) is 119 cm³/mol. The van der Waals surface area contributed by atoms with E-state index in [2.05, 4.69) is 4.99 Å². The highest BCUT2D eigenvalue weighted by Crippen LogP contribution is 2.25. The van der Waals surface area contributed by atoms with Crippen LogP contribution in [0.25, 0.3) is 5.69 Å². The van der Waals surface area contributed by atoms with E-state index in [1.54, 1.807) is 37.6 Å². The Bertz CT molecular complexity index is 1190. The van der Waals surface area contributed by atoms with Crippen molar-refractivity contribution >= 4 is 17.9 Å². The molecule has 0 aliphatic rings. The largest absolute Gasteiger partial charge is 0.497 e. The van der Waals surface area contributed by atoms with Gasteiger partial charge in [0.25, 0.3) is 0 Å². The predicted octanol–water partition coefficient (Wildman–Crippen LogP) is 5.73. The number of carboxylic acids is 1. The summed E-state index contributed by atoms with van der Waals surface area (Å²) in [5, 5.41) is 9.05. The first kappa shape index (κ1) is 20.0. The molecule has 0 bridgehead atoms. The molecule has 6 heteroatoms. The van der Waals surface area contributed by atoms with Gasteiger partial charge in [0.05, 0.1) is 30.3 Å². The SMILES string of the molecule is COc1ccc(Oc2ccc(N=Cc3cccn3-c3ccc(C(=O)O)cc3)cc2)cc1. The van der Waals surface area contributed by atoms with E-state index in [4.69, 9.17) is 14.6 Å². The molecule has 0 saturated heterocycles. The summed E-state index contributed by atoms with van der Waals surface area (Å²) in [6, 6.07) is 25.4. The van der Waals surface area contributed by atoms with Crippen LogP contribution >= 0.6 is 0 Å². The minimum absolute atomic E-state index is 0.253. The first-order valence-corrected chi connectivity index (χ1v) is 9.59. The fourth-order valence-corrected chi connectivity index (χ4v) is 3.02. The number of hydrogen-bond acceptors (Lipinski definition) is 4. The molecule has 0 aliphatic carbocycles. The summed E-state index contributed by atoms with van der Waals surface area (Å²) in [6.45, 7) is 0. The second-order valence-electron chi connectivity index (χ2n) is 6.68. The number of hydrogen-bond donors (Lipinski definition) is 1. The Labute approximate surface area is 179 Å². The molecule has 1 aromatic heterocycles. The average molecular weight is 412 g/mol. The third-order valence-corrected chi connectivity index (χ3v) is 4.65. The molecule has 0 atom stereocenters. The van der Waals surface area contributed by atoms with Crippen LogP contribution < -0.4 is 9.47 Å². The van der Waals surface area contributed by atoms with Gasteiger partial charge in [-0.25, -0.2) is 4.79 Å². The van der Waals surface area contributed by atoms with E-state index in [0.29, 0.717) is 5.75 Å². The van der Waals surface area contributed by atoms with Crippen LogP contribution in [-0.2, 0) is 0 Å². The first-order chi connectivity index (χ1) is 15.1. The van der Waals surface area contributed by atoms with Crippen molar-refractivity contribution in [2.75, 3.05) is 7.11 Å². The fraction of sp³-hybridized carbons (Fsp3) is 0.0400. The van der Waals surface area contributed by atoms with Crippen LogP contribution in [0.3, 0.4) is 0 Å². The summed E-state index contributed by atoms with van der Waals surface area (Å²) >= 11 is 0. The number of methoxy groups -OCH3 is 1. The number of nitrogens with zero attached hydrogens (tertiary/aromatic N) is 2. The Morgan fingerprint density at radius 3 is 2.10 bits per heavy atom. The van der Waals surface area contributed by atoms with Gasteiger partial charge in [-0.3, -0.25) is 4.99 Å². The highest BCUT2D eigenvalue weighted by molar-refractivity contribution is 5.88. The van der Waals surface area contributed by atoms with E-state index in [0.717, 1.165) is 28.6 Å². The number of carboxylic acid groups (broad SMARTS) is 1. The van der Waals surface area contributed by atoms with Gasteiger partial charge in [-0.15, -0.1) is 0 Å². The van der Waals surface area contributed by atoms with Gasteiger partial charge >= 0.3 is 5.97 Å². The standard InChI is InChI=1S/C25H20N2O4/c1-30-22-12-14-24(15-13-22)31-23-10-6-19(7-11-23)26-17-21-3-2-16-27(21)20-8-4-18(5-9-20)25(28)29/h2-17H,1H3,(H,28,29). The second-order valence-corrected chi connectivity index (χ2v) is 6.68. The second kappa shape index (κ2) is 9.00. The molecule has 0 saturated carbocycles. The lowest BCUT2D eigenvalue weighted by Crippen LogP contribution is -2.00. The van der Waals surface area contributed by atoms with E-state index >= 15 is 0 Å². The molecule has 0 aliphatic heterocycles. The van der Waals surface area contributed by atoms with E-state index in [1.807, 2.05) is 71.4 Å². The van der Waals surface area contributed by atoms with Crippen LogP contribution in [0.2, 0.25) is 0 Å². The number of benzene rings is 3. The van der Waals surface area contributed by atoms with E-state index < -0.39 is 5.97 Å². The van der Waals surface area contributed by atoms with Crippen LogP contribution in [0.5, 0.6) is 17.2 Å². The molecule has 6 nitrogen and oxygen atoms in total. The molecule has 0 radical (unpaired) electrons. The molecule has 0 spiro atoms.